The zero-order valence-corrected chi connectivity index (χ0v) is 13.6. The van der Waals surface area contributed by atoms with Crippen molar-refractivity contribution in [1.29, 1.82) is 0 Å². The summed E-state index contributed by atoms with van der Waals surface area (Å²) in [7, 11) is 0. The third-order valence-electron chi connectivity index (χ3n) is 2.91. The van der Waals surface area contributed by atoms with Gasteiger partial charge in [0.15, 0.2) is 0 Å². The summed E-state index contributed by atoms with van der Waals surface area (Å²) in [4.78, 5) is 16.0. The molecule has 1 aromatic heterocycles. The van der Waals surface area contributed by atoms with E-state index in [0.717, 1.165) is 21.4 Å². The van der Waals surface area contributed by atoms with Crippen LogP contribution in [0.15, 0.2) is 41.0 Å². The first-order valence-corrected chi connectivity index (χ1v) is 7.51. The van der Waals surface area contributed by atoms with Crippen LogP contribution in [0, 0.1) is 6.92 Å². The Balaban J connectivity index is 2.04. The topological polar surface area (TPSA) is 51.2 Å². The first kappa shape index (κ1) is 15.5. The number of hydrogen-bond acceptors (Lipinski definition) is 4. The largest absolute Gasteiger partial charge is 0.462 e. The standard InChI is InChI=1S/C16H17BrN2O2/c1-3-21-16(20)12-5-7-15(14(17)8-12)19-10-13-6-4-11(2)9-18-13/h4-9,19H,3,10H2,1-2H3. The number of nitrogens with one attached hydrogen (secondary N) is 1. The summed E-state index contributed by atoms with van der Waals surface area (Å²) < 4.78 is 5.79. The third kappa shape index (κ3) is 4.29. The minimum Gasteiger partial charge on any atom is -0.462 e. The molecule has 0 spiro atoms. The highest BCUT2D eigenvalue weighted by Crippen LogP contribution is 2.24. The second-order valence-corrected chi connectivity index (χ2v) is 5.45. The van der Waals surface area contributed by atoms with Crippen molar-refractivity contribution >= 4 is 27.6 Å². The van der Waals surface area contributed by atoms with E-state index in [4.69, 9.17) is 4.74 Å². The summed E-state index contributed by atoms with van der Waals surface area (Å²) in [5.74, 6) is -0.315. The number of halogens is 1. The number of esters is 1. The lowest BCUT2D eigenvalue weighted by molar-refractivity contribution is 0.0526. The van der Waals surface area contributed by atoms with Gasteiger partial charge in [0.1, 0.15) is 0 Å². The van der Waals surface area contributed by atoms with Gasteiger partial charge in [-0.3, -0.25) is 4.98 Å². The van der Waals surface area contributed by atoms with Crippen molar-refractivity contribution in [3.8, 4) is 0 Å². The highest BCUT2D eigenvalue weighted by Gasteiger charge is 2.09. The van der Waals surface area contributed by atoms with Crippen LogP contribution < -0.4 is 5.32 Å². The maximum Gasteiger partial charge on any atom is 0.338 e. The Bertz CT molecular complexity index is 627. The zero-order valence-electron chi connectivity index (χ0n) is 12.0. The van der Waals surface area contributed by atoms with Crippen molar-refractivity contribution < 1.29 is 9.53 Å². The fourth-order valence-electron chi connectivity index (χ4n) is 1.79. The molecule has 1 N–H and O–H groups in total. The average Bonchev–Trinajstić information content (AvgIpc) is 2.48. The minimum atomic E-state index is -0.315. The average molecular weight is 349 g/mol. The Morgan fingerprint density at radius 3 is 2.76 bits per heavy atom. The molecule has 1 heterocycles. The fourth-order valence-corrected chi connectivity index (χ4v) is 2.31. The number of aryl methyl sites for hydroxylation is 1. The lowest BCUT2D eigenvalue weighted by Gasteiger charge is -2.10. The van der Waals surface area contributed by atoms with Crippen LogP contribution in [-0.4, -0.2) is 17.6 Å². The van der Waals surface area contributed by atoms with Gasteiger partial charge in [0.05, 0.1) is 24.4 Å². The number of hydrogen-bond donors (Lipinski definition) is 1. The Kier molecular flexibility index (Phi) is 5.33. The minimum absolute atomic E-state index is 0.315. The van der Waals surface area contributed by atoms with E-state index in [-0.39, 0.29) is 5.97 Å². The summed E-state index contributed by atoms with van der Waals surface area (Å²) in [6.07, 6.45) is 1.84. The third-order valence-corrected chi connectivity index (χ3v) is 3.57. The van der Waals surface area contributed by atoms with Crippen molar-refractivity contribution in [1.82, 2.24) is 4.98 Å². The molecular weight excluding hydrogens is 332 g/mol. The Labute approximate surface area is 132 Å². The van der Waals surface area contributed by atoms with E-state index in [9.17, 15) is 4.79 Å². The van der Waals surface area contributed by atoms with Crippen molar-refractivity contribution in [3.63, 3.8) is 0 Å². The SMILES string of the molecule is CCOC(=O)c1ccc(NCc2ccc(C)cn2)c(Br)c1. The lowest BCUT2D eigenvalue weighted by Crippen LogP contribution is -2.06. The molecule has 0 aliphatic carbocycles. The van der Waals surface area contributed by atoms with Gasteiger partial charge in [0.25, 0.3) is 0 Å². The molecule has 4 nitrogen and oxygen atoms in total. The lowest BCUT2D eigenvalue weighted by atomic mass is 10.2. The smallest absolute Gasteiger partial charge is 0.338 e. The molecule has 110 valence electrons. The summed E-state index contributed by atoms with van der Waals surface area (Å²) in [6.45, 7) is 4.79. The molecule has 0 aliphatic heterocycles. The van der Waals surface area contributed by atoms with Crippen molar-refractivity contribution in [3.05, 3.63) is 57.8 Å². The highest BCUT2D eigenvalue weighted by atomic mass is 79.9. The fraction of sp³-hybridized carbons (Fsp3) is 0.250. The first-order valence-electron chi connectivity index (χ1n) is 6.72. The molecule has 5 heteroatoms. The molecule has 0 radical (unpaired) electrons. The quantitative estimate of drug-likeness (QED) is 0.831. The molecule has 0 bridgehead atoms. The van der Waals surface area contributed by atoms with E-state index in [1.165, 1.54) is 0 Å². The number of benzene rings is 1. The van der Waals surface area contributed by atoms with Gasteiger partial charge in [0, 0.05) is 16.4 Å². The van der Waals surface area contributed by atoms with Crippen LogP contribution in [0.3, 0.4) is 0 Å². The number of aromatic nitrogens is 1. The number of anilines is 1. The van der Waals surface area contributed by atoms with E-state index < -0.39 is 0 Å². The molecule has 0 fully saturated rings. The molecule has 0 saturated carbocycles. The molecule has 0 aliphatic rings. The Morgan fingerprint density at radius 2 is 2.14 bits per heavy atom. The predicted molar refractivity (Wildman–Crippen MR) is 86.4 cm³/mol. The molecule has 0 unspecified atom stereocenters. The van der Waals surface area contributed by atoms with Crippen molar-refractivity contribution in [2.45, 2.75) is 20.4 Å². The number of pyridine rings is 1. The predicted octanol–water partition coefficient (Wildman–Crippen LogP) is 3.94. The first-order chi connectivity index (χ1) is 10.1. The van der Waals surface area contributed by atoms with Gasteiger partial charge < -0.3 is 10.1 Å². The number of ether oxygens (including phenoxy) is 1. The van der Waals surface area contributed by atoms with E-state index in [1.54, 1.807) is 19.1 Å². The van der Waals surface area contributed by atoms with Crippen LogP contribution in [0.2, 0.25) is 0 Å². The van der Waals surface area contributed by atoms with E-state index >= 15 is 0 Å². The van der Waals surface area contributed by atoms with Gasteiger partial charge in [-0.05, 0) is 59.6 Å². The van der Waals surface area contributed by atoms with Gasteiger partial charge in [0.2, 0.25) is 0 Å². The molecule has 0 amide bonds. The normalized spacial score (nSPS) is 10.2. The van der Waals surface area contributed by atoms with Crippen LogP contribution in [-0.2, 0) is 11.3 Å². The number of nitrogens with zero attached hydrogens (tertiary/aromatic N) is 1. The maximum absolute atomic E-state index is 11.6. The van der Waals surface area contributed by atoms with Gasteiger partial charge in [-0.2, -0.15) is 0 Å². The molecule has 2 aromatic rings. The summed E-state index contributed by atoms with van der Waals surface area (Å²) in [5, 5.41) is 3.29. The maximum atomic E-state index is 11.6. The zero-order chi connectivity index (χ0) is 15.2. The summed E-state index contributed by atoms with van der Waals surface area (Å²) >= 11 is 3.46. The van der Waals surface area contributed by atoms with Gasteiger partial charge in [-0.25, -0.2) is 4.79 Å². The second-order valence-electron chi connectivity index (χ2n) is 4.60. The number of carbonyl (C=O) groups excluding carboxylic acids is 1. The van der Waals surface area contributed by atoms with Crippen molar-refractivity contribution in [2.24, 2.45) is 0 Å². The van der Waals surface area contributed by atoms with E-state index in [0.29, 0.717) is 18.7 Å². The monoisotopic (exact) mass is 348 g/mol. The summed E-state index contributed by atoms with van der Waals surface area (Å²) in [5.41, 5.74) is 3.54. The van der Waals surface area contributed by atoms with E-state index in [1.807, 2.05) is 31.3 Å². The van der Waals surface area contributed by atoms with Crippen molar-refractivity contribution in [2.75, 3.05) is 11.9 Å². The van der Waals surface area contributed by atoms with Crippen LogP contribution in [0.4, 0.5) is 5.69 Å². The molecular formula is C16H17BrN2O2. The molecule has 0 saturated heterocycles. The molecule has 0 atom stereocenters. The van der Waals surface area contributed by atoms with Gasteiger partial charge >= 0.3 is 5.97 Å². The Hall–Kier alpha value is -1.88. The molecule has 1 aromatic carbocycles. The van der Waals surface area contributed by atoms with Gasteiger partial charge in [-0.1, -0.05) is 6.07 Å². The van der Waals surface area contributed by atoms with E-state index in [2.05, 4.69) is 26.2 Å². The molecule has 21 heavy (non-hydrogen) atoms. The molecule has 2 rings (SSSR count). The number of carbonyl (C=O) groups is 1. The summed E-state index contributed by atoms with van der Waals surface area (Å²) in [6, 6.07) is 9.37. The highest BCUT2D eigenvalue weighted by molar-refractivity contribution is 9.10. The van der Waals surface area contributed by atoms with Crippen LogP contribution in [0.5, 0.6) is 0 Å². The number of rotatable bonds is 5. The van der Waals surface area contributed by atoms with Crippen LogP contribution in [0.1, 0.15) is 28.5 Å². The van der Waals surface area contributed by atoms with Gasteiger partial charge in [-0.15, -0.1) is 0 Å². The Morgan fingerprint density at radius 1 is 1.33 bits per heavy atom. The van der Waals surface area contributed by atoms with Crippen LogP contribution >= 0.6 is 15.9 Å². The van der Waals surface area contributed by atoms with Crippen LogP contribution in [0.25, 0.3) is 0 Å². The second kappa shape index (κ2) is 7.22.